The number of Topliss-reactive ketones (excluding diaryl/α,β-unsaturated/α-hetero) is 2. The number of carbonyl (C=O) groups is 3. The first-order valence-electron chi connectivity index (χ1n) is 11.1. The van der Waals surface area contributed by atoms with Crippen molar-refractivity contribution in [3.05, 3.63) is 95.3 Å². The van der Waals surface area contributed by atoms with Gasteiger partial charge in [-0.15, -0.1) is 0 Å². The number of hydrogen-bond acceptors (Lipinski definition) is 9. The highest BCUT2D eigenvalue weighted by atomic mass is 79.9. The number of nitro groups is 2. The number of hydrogen-bond donors (Lipinski definition) is 2. The zero-order valence-electron chi connectivity index (χ0n) is 19.7. The Morgan fingerprint density at radius 1 is 1.15 bits per heavy atom. The highest BCUT2D eigenvalue weighted by Crippen LogP contribution is 2.55. The van der Waals surface area contributed by atoms with Gasteiger partial charge in [0.2, 0.25) is 17.3 Å². The summed E-state index contributed by atoms with van der Waals surface area (Å²) in [4.78, 5) is 61.6. The summed E-state index contributed by atoms with van der Waals surface area (Å²) in [5, 5.41) is 36.8. The lowest BCUT2D eigenvalue weighted by atomic mass is 9.60. The molecule has 0 bridgehead atoms. The van der Waals surface area contributed by atoms with Crippen molar-refractivity contribution in [3.63, 3.8) is 0 Å². The average molecular weight is 631 g/mol. The number of carboxylic acid groups (broad SMARTS) is 1. The van der Waals surface area contributed by atoms with Crippen molar-refractivity contribution in [2.24, 2.45) is 0 Å². The van der Waals surface area contributed by atoms with Gasteiger partial charge in [0.1, 0.15) is 17.0 Å². The van der Waals surface area contributed by atoms with Gasteiger partial charge in [-0.05, 0) is 18.2 Å². The number of alkyl halides is 1. The molecule has 2 aromatic carbocycles. The molecule has 1 aliphatic heterocycles. The van der Waals surface area contributed by atoms with E-state index >= 15 is 17.6 Å². The number of nitrogens with one attached hydrogen (secondary N) is 1. The van der Waals surface area contributed by atoms with E-state index in [0.717, 1.165) is 23.1 Å². The summed E-state index contributed by atoms with van der Waals surface area (Å²) in [6, 6.07) is 1.54. The molecule has 40 heavy (non-hydrogen) atoms. The lowest BCUT2D eigenvalue weighted by molar-refractivity contribution is -0.575. The molecule has 0 radical (unpaired) electrons. The highest BCUT2D eigenvalue weighted by molar-refractivity contribution is 9.10. The van der Waals surface area contributed by atoms with E-state index in [2.05, 4.69) is 21.2 Å². The van der Waals surface area contributed by atoms with E-state index in [-0.39, 0.29) is 23.6 Å². The topological polar surface area (TPSA) is 173 Å². The molecule has 1 aliphatic carbocycles. The van der Waals surface area contributed by atoms with Crippen molar-refractivity contribution < 1.29 is 46.9 Å². The zero-order valence-corrected chi connectivity index (χ0v) is 21.3. The van der Waals surface area contributed by atoms with Crippen molar-refractivity contribution >= 4 is 39.2 Å². The SMILES string of the molecule is O=C(O)C1=C(F)C(=O)C(N2CCNC2)C(C(=O)c2c(F)ccc([N+](=O)[O-])c2F)([N+](=O)[O-])C1(F)c1cccc(Br)c1. The second-order valence-corrected chi connectivity index (χ2v) is 9.68. The molecule has 1 heterocycles. The normalized spacial score (nSPS) is 25.2. The number of benzene rings is 2. The molecule has 17 heteroatoms. The van der Waals surface area contributed by atoms with E-state index < -0.39 is 91.1 Å². The van der Waals surface area contributed by atoms with Gasteiger partial charge in [-0.3, -0.25) is 34.7 Å². The Morgan fingerprint density at radius 2 is 1.82 bits per heavy atom. The summed E-state index contributed by atoms with van der Waals surface area (Å²) in [6.45, 7) is -0.842. The third kappa shape index (κ3) is 3.91. The Kier molecular flexibility index (Phi) is 7.33. The lowest BCUT2D eigenvalue weighted by Crippen LogP contribution is -2.76. The summed E-state index contributed by atoms with van der Waals surface area (Å²) in [6.07, 6.45) is 0. The minimum atomic E-state index is -4.40. The molecule has 1 fully saturated rings. The van der Waals surface area contributed by atoms with Gasteiger partial charge in [-0.1, -0.05) is 28.1 Å². The minimum Gasteiger partial charge on any atom is -0.478 e. The molecule has 0 saturated carbocycles. The molecule has 2 N–H and O–H groups in total. The molecule has 210 valence electrons. The Labute approximate surface area is 228 Å². The van der Waals surface area contributed by atoms with Crippen molar-refractivity contribution in [1.82, 2.24) is 10.2 Å². The van der Waals surface area contributed by atoms with Crippen LogP contribution in [0, 0.1) is 31.9 Å². The number of carboxylic acids is 1. The number of carbonyl (C=O) groups excluding carboxylic acids is 2. The quantitative estimate of drug-likeness (QED) is 0.200. The van der Waals surface area contributed by atoms with E-state index in [1.54, 1.807) is 0 Å². The van der Waals surface area contributed by atoms with Gasteiger partial charge in [-0.25, -0.2) is 18.0 Å². The molecule has 12 nitrogen and oxygen atoms in total. The van der Waals surface area contributed by atoms with Crippen molar-refractivity contribution in [3.8, 4) is 0 Å². The van der Waals surface area contributed by atoms with Gasteiger partial charge in [-0.2, -0.15) is 4.39 Å². The summed E-state index contributed by atoms with van der Waals surface area (Å²) < 4.78 is 63.7. The van der Waals surface area contributed by atoms with Gasteiger partial charge < -0.3 is 10.4 Å². The molecule has 4 rings (SSSR count). The maximum absolute atomic E-state index is 17.8. The largest absolute Gasteiger partial charge is 0.478 e. The molecule has 2 aliphatic rings. The predicted octanol–water partition coefficient (Wildman–Crippen LogP) is 2.82. The molecule has 0 aromatic heterocycles. The van der Waals surface area contributed by atoms with Crippen LogP contribution in [-0.2, 0) is 15.3 Å². The van der Waals surface area contributed by atoms with E-state index in [0.29, 0.717) is 6.07 Å². The monoisotopic (exact) mass is 630 g/mol. The summed E-state index contributed by atoms with van der Waals surface area (Å²) in [5.41, 5.74) is -15.4. The van der Waals surface area contributed by atoms with Gasteiger partial charge in [0, 0.05) is 40.8 Å². The third-order valence-electron chi connectivity index (χ3n) is 6.77. The minimum absolute atomic E-state index is 0.0153. The second-order valence-electron chi connectivity index (χ2n) is 8.77. The number of aliphatic carboxylic acids is 1. The van der Waals surface area contributed by atoms with Crippen LogP contribution in [0.25, 0.3) is 0 Å². The van der Waals surface area contributed by atoms with E-state index in [1.807, 2.05) is 0 Å². The fourth-order valence-electron chi connectivity index (χ4n) is 5.12. The first-order chi connectivity index (χ1) is 18.7. The highest BCUT2D eigenvalue weighted by Gasteiger charge is 2.81. The third-order valence-corrected chi connectivity index (χ3v) is 7.26. The van der Waals surface area contributed by atoms with E-state index in [1.165, 1.54) is 6.07 Å². The zero-order chi connectivity index (χ0) is 29.7. The molecule has 3 unspecified atom stereocenters. The van der Waals surface area contributed by atoms with Gasteiger partial charge in [0.05, 0.1) is 4.92 Å². The Bertz CT molecular complexity index is 1530. The van der Waals surface area contributed by atoms with Crippen molar-refractivity contribution in [1.29, 1.82) is 0 Å². The van der Waals surface area contributed by atoms with Gasteiger partial charge in [0.25, 0.3) is 5.78 Å². The van der Waals surface area contributed by atoms with Crippen LogP contribution < -0.4 is 5.32 Å². The first kappa shape index (κ1) is 28.9. The Morgan fingerprint density at radius 3 is 2.35 bits per heavy atom. The molecule has 3 atom stereocenters. The Balaban J connectivity index is 2.26. The smallest absolute Gasteiger partial charge is 0.348 e. The molecular weight excluding hydrogens is 616 g/mol. The maximum atomic E-state index is 17.8. The fourth-order valence-corrected chi connectivity index (χ4v) is 5.52. The van der Waals surface area contributed by atoms with Gasteiger partial charge >= 0.3 is 17.2 Å². The van der Waals surface area contributed by atoms with Crippen LogP contribution >= 0.6 is 15.9 Å². The summed E-state index contributed by atoms with van der Waals surface area (Å²) >= 11 is 2.96. The number of ketones is 2. The lowest BCUT2D eigenvalue weighted by Gasteiger charge is -2.46. The van der Waals surface area contributed by atoms with Crippen LogP contribution in [-0.4, -0.2) is 68.7 Å². The number of nitro benzene ring substituents is 1. The fraction of sp³-hybridized carbons (Fsp3) is 0.261. The second kappa shape index (κ2) is 10.1. The number of rotatable bonds is 7. The predicted molar refractivity (Wildman–Crippen MR) is 128 cm³/mol. The molecule has 1 saturated heterocycles. The van der Waals surface area contributed by atoms with Crippen LogP contribution in [0.5, 0.6) is 0 Å². The molecule has 0 spiro atoms. The van der Waals surface area contributed by atoms with Crippen LogP contribution in [0.15, 0.2) is 52.3 Å². The first-order valence-corrected chi connectivity index (χ1v) is 11.9. The standard InChI is InChI=1S/C23H15BrF4N4O8/c24-11-3-1-2-10(8-11)22(28)15(21(35)36)17(27)18(33)19(30-7-6-29-9-30)23(22,32(39)40)20(34)14-12(25)4-5-13(16(14)26)31(37)38/h1-5,8,19,29H,6-7,9H2,(H,35,36). The summed E-state index contributed by atoms with van der Waals surface area (Å²) in [7, 11) is 0. The van der Waals surface area contributed by atoms with Crippen molar-refractivity contribution in [2.45, 2.75) is 17.2 Å². The number of nitrogens with zero attached hydrogens (tertiary/aromatic N) is 3. The summed E-state index contributed by atoms with van der Waals surface area (Å²) in [5.74, 6) is -13.4. The Hall–Kier alpha value is -4.09. The van der Waals surface area contributed by atoms with E-state index in [9.17, 15) is 39.7 Å². The van der Waals surface area contributed by atoms with Crippen LogP contribution in [0.2, 0.25) is 0 Å². The van der Waals surface area contributed by atoms with Crippen molar-refractivity contribution in [2.75, 3.05) is 19.8 Å². The van der Waals surface area contributed by atoms with E-state index in [4.69, 9.17) is 0 Å². The van der Waals surface area contributed by atoms with Crippen LogP contribution in [0.4, 0.5) is 23.2 Å². The number of halogens is 5. The molecule has 0 amide bonds. The van der Waals surface area contributed by atoms with Crippen LogP contribution in [0.3, 0.4) is 0 Å². The molecular formula is C23H15BrF4N4O8. The molecule has 2 aromatic rings. The van der Waals surface area contributed by atoms with Crippen LogP contribution in [0.1, 0.15) is 15.9 Å². The maximum Gasteiger partial charge on any atom is 0.348 e. The average Bonchev–Trinajstić information content (AvgIpc) is 3.39. The van der Waals surface area contributed by atoms with Gasteiger partial charge in [0.15, 0.2) is 11.9 Å².